The highest BCUT2D eigenvalue weighted by Crippen LogP contribution is 2.35. The van der Waals surface area contributed by atoms with E-state index in [-0.39, 0.29) is 17.6 Å². The number of rotatable bonds is 7. The van der Waals surface area contributed by atoms with Crippen molar-refractivity contribution in [3.8, 4) is 11.5 Å². The fourth-order valence-corrected chi connectivity index (χ4v) is 3.97. The summed E-state index contributed by atoms with van der Waals surface area (Å²) in [6.07, 6.45) is 2.78. The number of nitrogens with two attached hydrogens (primary N) is 1. The molecule has 182 valence electrons. The molecule has 0 bridgehead atoms. The molecule has 2 heterocycles. The Hall–Kier alpha value is -4.05. The van der Waals surface area contributed by atoms with Crippen LogP contribution in [-0.4, -0.2) is 58.4 Å². The van der Waals surface area contributed by atoms with Gasteiger partial charge < -0.3 is 20.7 Å². The molecule has 2 aromatic carbocycles. The molecule has 9 nitrogen and oxygen atoms in total. The maximum Gasteiger partial charge on any atom is 0.274 e. The smallest absolute Gasteiger partial charge is 0.274 e. The molecule has 0 saturated carbocycles. The fourth-order valence-electron chi connectivity index (χ4n) is 3.97. The Bertz CT molecular complexity index is 1190. The summed E-state index contributed by atoms with van der Waals surface area (Å²) in [6, 6.07) is 11.9. The van der Waals surface area contributed by atoms with Gasteiger partial charge in [0.25, 0.3) is 5.91 Å². The predicted octanol–water partition coefficient (Wildman–Crippen LogP) is 3.04. The molecule has 3 N–H and O–H groups in total. The quantitative estimate of drug-likeness (QED) is 0.537. The molecule has 10 heteroatoms. The Morgan fingerprint density at radius 3 is 2.51 bits per heavy atom. The minimum Gasteiger partial charge on any atom is -0.457 e. The van der Waals surface area contributed by atoms with Gasteiger partial charge in [0.15, 0.2) is 0 Å². The number of hydrogen-bond acceptors (Lipinski definition) is 7. The number of carbonyl (C=O) groups excluding carboxylic acids is 2. The van der Waals surface area contributed by atoms with Gasteiger partial charge in [-0.25, -0.2) is 14.4 Å². The Kier molecular flexibility index (Phi) is 7.21. The zero-order valence-corrected chi connectivity index (χ0v) is 19.5. The van der Waals surface area contributed by atoms with Gasteiger partial charge in [-0.1, -0.05) is 0 Å². The summed E-state index contributed by atoms with van der Waals surface area (Å²) >= 11 is 0. The van der Waals surface area contributed by atoms with E-state index in [1.54, 1.807) is 18.2 Å². The summed E-state index contributed by atoms with van der Waals surface area (Å²) < 4.78 is 19.2. The van der Waals surface area contributed by atoms with E-state index >= 15 is 0 Å². The summed E-state index contributed by atoms with van der Waals surface area (Å²) in [4.78, 5) is 37.2. The average Bonchev–Trinajstić information content (AvgIpc) is 2.86. The molecule has 4 rings (SSSR count). The molecule has 0 aliphatic carbocycles. The first-order valence-electron chi connectivity index (χ1n) is 11.3. The van der Waals surface area contributed by atoms with Crippen molar-refractivity contribution in [3.05, 3.63) is 72.6 Å². The van der Waals surface area contributed by atoms with Gasteiger partial charge in [-0.3, -0.25) is 14.5 Å². The van der Waals surface area contributed by atoms with Gasteiger partial charge in [-0.2, -0.15) is 0 Å². The third-order valence-corrected chi connectivity index (χ3v) is 5.86. The van der Waals surface area contributed by atoms with Crippen molar-refractivity contribution in [3.63, 3.8) is 0 Å². The molecule has 1 unspecified atom stereocenters. The van der Waals surface area contributed by atoms with Gasteiger partial charge in [0.1, 0.15) is 35.4 Å². The SMILES string of the molecule is CC(C)N1CCN(c2cc(Oc3ccc(F)cc3)ccc2NC(=O)c2ccncn2)C(C(N)=O)C1. The summed E-state index contributed by atoms with van der Waals surface area (Å²) in [7, 11) is 0. The lowest BCUT2D eigenvalue weighted by Crippen LogP contribution is -2.59. The second-order valence-corrected chi connectivity index (χ2v) is 8.48. The zero-order valence-electron chi connectivity index (χ0n) is 19.5. The van der Waals surface area contributed by atoms with E-state index in [4.69, 9.17) is 10.5 Å². The van der Waals surface area contributed by atoms with Crippen molar-refractivity contribution in [1.29, 1.82) is 0 Å². The monoisotopic (exact) mass is 478 g/mol. The second kappa shape index (κ2) is 10.5. The zero-order chi connectivity index (χ0) is 24.9. The summed E-state index contributed by atoms with van der Waals surface area (Å²) in [5, 5.41) is 2.87. The van der Waals surface area contributed by atoms with Gasteiger partial charge in [0, 0.05) is 37.9 Å². The molecule has 2 amide bonds. The fraction of sp³-hybridized carbons (Fsp3) is 0.280. The molecular formula is C25H27FN6O3. The third kappa shape index (κ3) is 5.72. The highest BCUT2D eigenvalue weighted by Gasteiger charge is 2.33. The van der Waals surface area contributed by atoms with Crippen molar-refractivity contribution in [1.82, 2.24) is 14.9 Å². The van der Waals surface area contributed by atoms with Crippen LogP contribution < -0.4 is 20.7 Å². The number of hydrogen-bond donors (Lipinski definition) is 2. The van der Waals surface area contributed by atoms with E-state index in [9.17, 15) is 14.0 Å². The minimum atomic E-state index is -0.609. The summed E-state index contributed by atoms with van der Waals surface area (Å²) in [6.45, 7) is 5.82. The van der Waals surface area contributed by atoms with Gasteiger partial charge in [-0.15, -0.1) is 0 Å². The van der Waals surface area contributed by atoms with Crippen LogP contribution >= 0.6 is 0 Å². The van der Waals surface area contributed by atoms with Crippen LogP contribution in [0.5, 0.6) is 11.5 Å². The standard InChI is InChI=1S/C25H27FN6O3/c1-16(2)31-11-12-32(23(14-31)24(27)33)22-13-19(35-18-5-3-17(26)4-6-18)7-8-20(22)30-25(34)21-9-10-28-15-29-21/h3-10,13,15-16,23H,11-12,14H2,1-2H3,(H2,27,33)(H,30,34). The van der Waals surface area contributed by atoms with Crippen LogP contribution in [0.1, 0.15) is 24.3 Å². The lowest BCUT2D eigenvalue weighted by Gasteiger charge is -2.43. The Labute approximate surface area is 202 Å². The molecule has 3 aromatic rings. The number of anilines is 2. The van der Waals surface area contributed by atoms with Crippen LogP contribution in [0.2, 0.25) is 0 Å². The second-order valence-electron chi connectivity index (χ2n) is 8.48. The van der Waals surface area contributed by atoms with E-state index in [0.29, 0.717) is 42.5 Å². The molecule has 1 saturated heterocycles. The summed E-state index contributed by atoms with van der Waals surface area (Å²) in [5.41, 5.74) is 7.06. The van der Waals surface area contributed by atoms with Crippen LogP contribution in [0.3, 0.4) is 0 Å². The highest BCUT2D eigenvalue weighted by atomic mass is 19.1. The normalized spacial score (nSPS) is 16.2. The number of nitrogens with zero attached hydrogens (tertiary/aromatic N) is 4. The molecule has 1 aliphatic rings. The first kappa shape index (κ1) is 24.1. The van der Waals surface area contributed by atoms with Crippen molar-refractivity contribution in [2.75, 3.05) is 29.9 Å². The molecule has 1 aliphatic heterocycles. The number of benzene rings is 2. The Morgan fingerprint density at radius 1 is 1.11 bits per heavy atom. The highest BCUT2D eigenvalue weighted by molar-refractivity contribution is 6.05. The number of nitrogens with one attached hydrogen (secondary N) is 1. The van der Waals surface area contributed by atoms with Gasteiger partial charge in [-0.05, 0) is 56.3 Å². The van der Waals surface area contributed by atoms with Crippen molar-refractivity contribution in [2.45, 2.75) is 25.9 Å². The number of amides is 2. The topological polar surface area (TPSA) is 114 Å². The molecule has 1 fully saturated rings. The first-order valence-corrected chi connectivity index (χ1v) is 11.3. The number of carbonyl (C=O) groups is 2. The van der Waals surface area contributed by atoms with Crippen LogP contribution in [0.25, 0.3) is 0 Å². The van der Waals surface area contributed by atoms with E-state index in [0.717, 1.165) is 0 Å². The van der Waals surface area contributed by atoms with E-state index in [1.807, 2.05) is 4.90 Å². The number of primary amides is 1. The van der Waals surface area contributed by atoms with Gasteiger partial charge in [0.05, 0.1) is 11.4 Å². The van der Waals surface area contributed by atoms with Crippen LogP contribution in [0.15, 0.2) is 61.1 Å². The van der Waals surface area contributed by atoms with Gasteiger partial charge in [0.2, 0.25) is 5.91 Å². The molecular weight excluding hydrogens is 451 g/mol. The van der Waals surface area contributed by atoms with Crippen molar-refractivity contribution in [2.24, 2.45) is 5.73 Å². The van der Waals surface area contributed by atoms with E-state index < -0.39 is 17.9 Å². The molecule has 0 spiro atoms. The number of piperazine rings is 1. The minimum absolute atomic E-state index is 0.202. The van der Waals surface area contributed by atoms with Crippen LogP contribution in [0.4, 0.5) is 15.8 Å². The average molecular weight is 479 g/mol. The van der Waals surface area contributed by atoms with Crippen molar-refractivity contribution >= 4 is 23.2 Å². The predicted molar refractivity (Wildman–Crippen MR) is 130 cm³/mol. The van der Waals surface area contributed by atoms with E-state index in [1.165, 1.54) is 42.9 Å². The maximum atomic E-state index is 13.3. The van der Waals surface area contributed by atoms with E-state index in [2.05, 4.69) is 34.0 Å². The van der Waals surface area contributed by atoms with Crippen LogP contribution in [0, 0.1) is 5.82 Å². The number of ether oxygens (including phenoxy) is 1. The summed E-state index contributed by atoms with van der Waals surface area (Å²) in [5.74, 6) is -0.342. The van der Waals surface area contributed by atoms with Gasteiger partial charge >= 0.3 is 0 Å². The number of aromatic nitrogens is 2. The Morgan fingerprint density at radius 2 is 1.86 bits per heavy atom. The largest absolute Gasteiger partial charge is 0.457 e. The van der Waals surface area contributed by atoms with Crippen molar-refractivity contribution < 1.29 is 18.7 Å². The maximum absolute atomic E-state index is 13.3. The third-order valence-electron chi connectivity index (χ3n) is 5.86. The molecule has 1 aromatic heterocycles. The molecule has 0 radical (unpaired) electrons. The first-order chi connectivity index (χ1) is 16.8. The van der Waals surface area contributed by atoms with Crippen LogP contribution in [-0.2, 0) is 4.79 Å². The lowest BCUT2D eigenvalue weighted by molar-refractivity contribution is -0.120. The number of halogens is 1. The Balaban J connectivity index is 1.69. The molecule has 35 heavy (non-hydrogen) atoms. The lowest BCUT2D eigenvalue weighted by atomic mass is 10.1. The molecule has 1 atom stereocenters.